The van der Waals surface area contributed by atoms with Gasteiger partial charge in [0, 0.05) is 6.54 Å². The van der Waals surface area contributed by atoms with Gasteiger partial charge in [0.2, 0.25) is 0 Å². The van der Waals surface area contributed by atoms with E-state index in [0.717, 1.165) is 19.1 Å². The normalized spacial score (nSPS) is 17.2. The topological polar surface area (TPSA) is 24.6 Å². The largest absolute Gasteiger partial charge is 0.372 e. The maximum Gasteiger partial charge on any atom is 0.0933 e. The highest BCUT2D eigenvalue weighted by Crippen LogP contribution is 2.13. The maximum atomic E-state index is 5.16. The molecule has 0 radical (unpaired) electrons. The molecule has 0 bridgehead atoms. The van der Waals surface area contributed by atoms with Crippen LogP contribution in [0.1, 0.15) is 78.1 Å². The Labute approximate surface area is 132 Å². The molecule has 122 valence electrons. The molecule has 1 rings (SSSR count). The van der Waals surface area contributed by atoms with Gasteiger partial charge < -0.3 is 10.1 Å². The molecule has 1 saturated heterocycles. The fraction of sp³-hybridized carbons (Fsp3) is 1.00. The Bertz CT molecular complexity index is 183. The average Bonchev–Trinajstić information content (AvgIpc) is 3.18. The Morgan fingerprint density at radius 3 is 1.90 bits per heavy atom. The molecule has 1 aliphatic heterocycles. The van der Waals surface area contributed by atoms with Gasteiger partial charge in [-0.25, -0.2) is 0 Å². The van der Waals surface area contributed by atoms with E-state index in [1.807, 2.05) is 0 Å². The van der Waals surface area contributed by atoms with Crippen molar-refractivity contribution in [3.05, 3.63) is 0 Å². The van der Waals surface area contributed by atoms with E-state index in [-0.39, 0.29) is 12.4 Å². The molecule has 1 fully saturated rings. The lowest BCUT2D eigenvalue weighted by Crippen LogP contribution is -2.20. The van der Waals surface area contributed by atoms with E-state index in [1.54, 1.807) is 0 Å². The van der Waals surface area contributed by atoms with E-state index >= 15 is 0 Å². The Morgan fingerprint density at radius 2 is 1.40 bits per heavy atom. The standard InChI is InChI=1S/C17H35NO.ClH/c1-16(2)12-10-8-6-4-3-5-7-9-11-13-18-14-17-15-19-17;/h16-18H,3-15H2,1-2H3;1H. The van der Waals surface area contributed by atoms with Crippen LogP contribution >= 0.6 is 12.4 Å². The van der Waals surface area contributed by atoms with Gasteiger partial charge in [-0.1, -0.05) is 71.6 Å². The quantitative estimate of drug-likeness (QED) is 0.362. The van der Waals surface area contributed by atoms with Gasteiger partial charge in [-0.15, -0.1) is 12.4 Å². The summed E-state index contributed by atoms with van der Waals surface area (Å²) < 4.78 is 5.16. The summed E-state index contributed by atoms with van der Waals surface area (Å²) in [7, 11) is 0. The Hall–Kier alpha value is 0.210. The molecule has 2 nitrogen and oxygen atoms in total. The molecule has 0 aromatic rings. The van der Waals surface area contributed by atoms with E-state index in [9.17, 15) is 0 Å². The number of nitrogens with one attached hydrogen (secondary N) is 1. The summed E-state index contributed by atoms with van der Waals surface area (Å²) in [6.07, 6.45) is 14.8. The van der Waals surface area contributed by atoms with E-state index < -0.39 is 0 Å². The van der Waals surface area contributed by atoms with Crippen LogP contribution in [0.15, 0.2) is 0 Å². The first kappa shape index (κ1) is 20.2. The molecule has 0 spiro atoms. The molecular formula is C17H36ClNO. The average molecular weight is 306 g/mol. The zero-order valence-corrected chi connectivity index (χ0v) is 14.5. The Kier molecular flexibility index (Phi) is 14.3. The second-order valence-electron chi connectivity index (χ2n) is 6.52. The van der Waals surface area contributed by atoms with Gasteiger partial charge in [0.05, 0.1) is 12.7 Å². The predicted molar refractivity (Wildman–Crippen MR) is 90.9 cm³/mol. The predicted octanol–water partition coefficient (Wildman–Crippen LogP) is 4.95. The number of rotatable bonds is 14. The minimum absolute atomic E-state index is 0. The highest BCUT2D eigenvalue weighted by molar-refractivity contribution is 5.85. The second-order valence-corrected chi connectivity index (χ2v) is 6.52. The van der Waals surface area contributed by atoms with Gasteiger partial charge >= 0.3 is 0 Å². The molecule has 20 heavy (non-hydrogen) atoms. The zero-order chi connectivity index (χ0) is 13.8. The molecule has 0 aromatic heterocycles. The number of hydrogen-bond acceptors (Lipinski definition) is 2. The minimum Gasteiger partial charge on any atom is -0.372 e. The monoisotopic (exact) mass is 305 g/mol. The lowest BCUT2D eigenvalue weighted by Gasteiger charge is -2.05. The van der Waals surface area contributed by atoms with E-state index in [2.05, 4.69) is 19.2 Å². The third-order valence-corrected chi connectivity index (χ3v) is 3.91. The summed E-state index contributed by atoms with van der Waals surface area (Å²) in [4.78, 5) is 0. The Morgan fingerprint density at radius 1 is 0.900 bits per heavy atom. The van der Waals surface area contributed by atoms with Crippen LogP contribution < -0.4 is 5.32 Å². The van der Waals surface area contributed by atoms with Crippen molar-refractivity contribution >= 4 is 12.4 Å². The van der Waals surface area contributed by atoms with Gasteiger partial charge in [-0.2, -0.15) is 0 Å². The third-order valence-electron chi connectivity index (χ3n) is 3.91. The van der Waals surface area contributed by atoms with Crippen LogP contribution in [0.2, 0.25) is 0 Å². The van der Waals surface area contributed by atoms with Crippen molar-refractivity contribution in [2.24, 2.45) is 5.92 Å². The smallest absolute Gasteiger partial charge is 0.0933 e. The van der Waals surface area contributed by atoms with Crippen LogP contribution in [0.3, 0.4) is 0 Å². The van der Waals surface area contributed by atoms with Gasteiger partial charge in [-0.05, 0) is 18.9 Å². The number of hydrogen-bond donors (Lipinski definition) is 1. The van der Waals surface area contributed by atoms with Crippen molar-refractivity contribution in [3.8, 4) is 0 Å². The zero-order valence-electron chi connectivity index (χ0n) is 13.7. The fourth-order valence-corrected chi connectivity index (χ4v) is 2.49. The Balaban J connectivity index is 0.00000361. The van der Waals surface area contributed by atoms with Gasteiger partial charge in [0.15, 0.2) is 0 Å². The van der Waals surface area contributed by atoms with Gasteiger partial charge in [0.1, 0.15) is 0 Å². The van der Waals surface area contributed by atoms with Gasteiger partial charge in [0.25, 0.3) is 0 Å². The van der Waals surface area contributed by atoms with Crippen LogP contribution in [0.25, 0.3) is 0 Å². The SMILES string of the molecule is CC(C)CCCCCCCCCCCNCC1CO1.Cl. The van der Waals surface area contributed by atoms with Crippen LogP contribution in [-0.2, 0) is 4.74 Å². The first-order valence-electron chi connectivity index (χ1n) is 8.61. The van der Waals surface area contributed by atoms with Crippen LogP contribution in [0.4, 0.5) is 0 Å². The summed E-state index contributed by atoms with van der Waals surface area (Å²) in [5, 5.41) is 3.46. The number of epoxide rings is 1. The number of unbranched alkanes of at least 4 members (excludes halogenated alkanes) is 8. The molecule has 0 amide bonds. The minimum atomic E-state index is 0. The van der Waals surface area contributed by atoms with Crippen LogP contribution in [0.5, 0.6) is 0 Å². The lowest BCUT2D eigenvalue weighted by atomic mass is 10.0. The molecule has 0 saturated carbocycles. The fourth-order valence-electron chi connectivity index (χ4n) is 2.49. The summed E-state index contributed by atoms with van der Waals surface area (Å²) >= 11 is 0. The number of ether oxygens (including phenoxy) is 1. The molecule has 1 unspecified atom stereocenters. The summed E-state index contributed by atoms with van der Waals surface area (Å²) in [5.41, 5.74) is 0. The summed E-state index contributed by atoms with van der Waals surface area (Å²) in [5.74, 6) is 0.889. The third kappa shape index (κ3) is 14.6. The van der Waals surface area contributed by atoms with Crippen molar-refractivity contribution in [2.75, 3.05) is 19.7 Å². The van der Waals surface area contributed by atoms with Crippen molar-refractivity contribution < 1.29 is 4.74 Å². The van der Waals surface area contributed by atoms with Crippen molar-refractivity contribution in [1.29, 1.82) is 0 Å². The molecule has 1 heterocycles. The maximum absolute atomic E-state index is 5.16. The van der Waals surface area contributed by atoms with Crippen LogP contribution in [-0.4, -0.2) is 25.8 Å². The molecule has 1 aliphatic rings. The summed E-state index contributed by atoms with van der Waals surface area (Å²) in [6.45, 7) is 7.87. The molecule has 0 aliphatic carbocycles. The van der Waals surface area contributed by atoms with E-state index in [0.29, 0.717) is 6.10 Å². The number of halogens is 1. The second kappa shape index (κ2) is 14.2. The van der Waals surface area contributed by atoms with Gasteiger partial charge in [-0.3, -0.25) is 0 Å². The van der Waals surface area contributed by atoms with Crippen molar-refractivity contribution in [1.82, 2.24) is 5.32 Å². The van der Waals surface area contributed by atoms with Crippen molar-refractivity contribution in [2.45, 2.75) is 84.2 Å². The summed E-state index contributed by atoms with van der Waals surface area (Å²) in [6, 6.07) is 0. The molecule has 0 aromatic carbocycles. The van der Waals surface area contributed by atoms with E-state index in [4.69, 9.17) is 4.74 Å². The molecule has 3 heteroatoms. The highest BCUT2D eigenvalue weighted by Gasteiger charge is 2.20. The molecular weight excluding hydrogens is 270 g/mol. The molecule has 1 N–H and O–H groups in total. The highest BCUT2D eigenvalue weighted by atomic mass is 35.5. The van der Waals surface area contributed by atoms with Crippen LogP contribution in [0, 0.1) is 5.92 Å². The first-order chi connectivity index (χ1) is 9.29. The van der Waals surface area contributed by atoms with Crippen molar-refractivity contribution in [3.63, 3.8) is 0 Å². The molecule has 1 atom stereocenters. The lowest BCUT2D eigenvalue weighted by molar-refractivity contribution is 0.395. The first-order valence-corrected chi connectivity index (χ1v) is 8.61. The van der Waals surface area contributed by atoms with E-state index in [1.165, 1.54) is 70.8 Å².